The minimum absolute atomic E-state index is 0. The van der Waals surface area contributed by atoms with Gasteiger partial charge in [0.15, 0.2) is 0 Å². The summed E-state index contributed by atoms with van der Waals surface area (Å²) in [6, 6.07) is 0. The molecule has 0 aliphatic carbocycles. The van der Waals surface area contributed by atoms with Crippen LogP contribution in [0.4, 0.5) is 0 Å². The van der Waals surface area contributed by atoms with E-state index < -0.39 is 18.6 Å². The third-order valence-corrected chi connectivity index (χ3v) is 0. The summed E-state index contributed by atoms with van der Waals surface area (Å²) in [5.74, 6) is 0. The van der Waals surface area contributed by atoms with Crippen LogP contribution < -0.4 is 0 Å². The monoisotopic (exact) mass is 380 g/mol. The SMILES string of the molecule is [Ba+2].[H-].[H-].[Nd].[O]=[Ti]([OH])[OH]. The van der Waals surface area contributed by atoms with Gasteiger partial charge in [-0.25, -0.2) is 0 Å². The van der Waals surface area contributed by atoms with Gasteiger partial charge in [-0.15, -0.1) is 0 Å². The molecule has 0 bridgehead atoms. The molecule has 2 N–H and O–H groups in total. The summed E-state index contributed by atoms with van der Waals surface area (Å²) >= 11 is -3.58. The van der Waals surface area contributed by atoms with Crippen LogP contribution in [0.25, 0.3) is 0 Å². The minimum atomic E-state index is -3.58. The van der Waals surface area contributed by atoms with Gasteiger partial charge in [-0.1, -0.05) is 0 Å². The van der Waals surface area contributed by atoms with Gasteiger partial charge < -0.3 is 2.85 Å². The molecule has 0 atom stereocenters. The van der Waals surface area contributed by atoms with E-state index >= 15 is 0 Å². The Morgan fingerprint density at radius 2 is 1.50 bits per heavy atom. The zero-order valence-electron chi connectivity index (χ0n) is 5.01. The molecule has 6 heavy (non-hydrogen) atoms. The van der Waals surface area contributed by atoms with Crippen molar-refractivity contribution in [3.63, 3.8) is 0 Å². The standard InChI is InChI=1S/Ba.Nd.2H2O.O.Ti.2H/h;;2*1H2;;;;/q+2;;;;;+2;2*-1/p-2. The zero-order chi connectivity index (χ0) is 3.58. The molecule has 0 aromatic heterocycles. The summed E-state index contributed by atoms with van der Waals surface area (Å²) < 4.78 is 23.2. The maximum atomic E-state index is 8.81. The molecule has 0 aromatic carbocycles. The second-order valence-electron chi connectivity index (χ2n) is 0.283. The molecule has 0 aliphatic heterocycles. The molecule has 0 radical (unpaired) electrons. The molecule has 0 saturated heterocycles. The van der Waals surface area contributed by atoms with Gasteiger partial charge in [-0.2, -0.15) is 0 Å². The van der Waals surface area contributed by atoms with Crippen LogP contribution in [-0.4, -0.2) is 56.3 Å². The molecular formula is H4BaNdO3Ti. The summed E-state index contributed by atoms with van der Waals surface area (Å²) in [5.41, 5.74) is 0. The summed E-state index contributed by atoms with van der Waals surface area (Å²) in [6.07, 6.45) is 0. The van der Waals surface area contributed by atoms with Gasteiger partial charge in [0.05, 0.1) is 0 Å². The Kier molecular flexibility index (Phi) is 30.2. The van der Waals surface area contributed by atoms with Crippen molar-refractivity contribution in [1.29, 1.82) is 0 Å². The van der Waals surface area contributed by atoms with E-state index in [0.29, 0.717) is 0 Å². The average molecular weight is 381 g/mol. The third kappa shape index (κ3) is 26.4. The first-order valence-corrected chi connectivity index (χ1v) is 2.69. The van der Waals surface area contributed by atoms with Crippen molar-refractivity contribution < 1.29 is 73.0 Å². The summed E-state index contributed by atoms with van der Waals surface area (Å²) in [6.45, 7) is 0. The van der Waals surface area contributed by atoms with E-state index in [9.17, 15) is 0 Å². The average Bonchev–Trinajstić information content (AvgIpc) is 0.811. The first-order chi connectivity index (χ1) is 1.73. The van der Waals surface area contributed by atoms with E-state index in [1.54, 1.807) is 0 Å². The summed E-state index contributed by atoms with van der Waals surface area (Å²) in [4.78, 5) is 0. The predicted molar refractivity (Wildman–Crippen MR) is 13.1 cm³/mol. The van der Waals surface area contributed by atoms with Crippen LogP contribution >= 0.6 is 0 Å². The second kappa shape index (κ2) is 11.2. The molecule has 0 saturated carbocycles. The van der Waals surface area contributed by atoms with Crippen molar-refractivity contribution in [1.82, 2.24) is 0 Å². The van der Waals surface area contributed by atoms with Crippen molar-refractivity contribution in [3.05, 3.63) is 0 Å². The summed E-state index contributed by atoms with van der Waals surface area (Å²) in [5, 5.41) is 0. The Morgan fingerprint density at radius 3 is 1.50 bits per heavy atom. The van der Waals surface area contributed by atoms with Gasteiger partial charge in [0.25, 0.3) is 0 Å². The predicted octanol–water partition coefficient (Wildman–Crippen LogP) is -1.39. The van der Waals surface area contributed by atoms with Crippen LogP contribution in [0.15, 0.2) is 0 Å². The van der Waals surface area contributed by atoms with Crippen LogP contribution in [0.2, 0.25) is 0 Å². The zero-order valence-corrected chi connectivity index (χ0v) is 12.2. The number of hydrogen-bond acceptors (Lipinski definition) is 1. The molecule has 6 heteroatoms. The van der Waals surface area contributed by atoms with Crippen LogP contribution in [-0.2, 0) is 21.9 Å². The second-order valence-corrected chi connectivity index (χ2v) is 1.17. The molecule has 3 nitrogen and oxygen atoms in total. The van der Waals surface area contributed by atoms with E-state index in [-0.39, 0.29) is 92.6 Å². The molecule has 0 unspecified atom stereocenters. The van der Waals surface area contributed by atoms with E-state index in [4.69, 9.17) is 10.7 Å². The molecular weight excluding hydrogens is 377 g/mol. The molecule has 32 valence electrons. The van der Waals surface area contributed by atoms with Gasteiger partial charge in [0, 0.05) is 40.8 Å². The van der Waals surface area contributed by atoms with Crippen LogP contribution in [0.3, 0.4) is 0 Å². The number of rotatable bonds is 0. The van der Waals surface area contributed by atoms with Crippen molar-refractivity contribution in [3.8, 4) is 0 Å². The van der Waals surface area contributed by atoms with Gasteiger partial charge in [0.1, 0.15) is 0 Å². The number of hydrogen-bond donors (Lipinski definition) is 2. The Bertz CT molecular complexity index is 40.3. The normalized spacial score (nSPS) is 4.33. The van der Waals surface area contributed by atoms with Crippen molar-refractivity contribution in [2.45, 2.75) is 0 Å². The molecule has 0 rings (SSSR count). The first kappa shape index (κ1) is 16.2. The van der Waals surface area contributed by atoms with Gasteiger partial charge in [-0.05, 0) is 0 Å². The molecule has 0 heterocycles. The fraction of sp³-hybridized carbons (Fsp3) is 0. The van der Waals surface area contributed by atoms with E-state index in [1.807, 2.05) is 0 Å². The third-order valence-electron chi connectivity index (χ3n) is 0. The summed E-state index contributed by atoms with van der Waals surface area (Å²) in [7, 11) is 0. The van der Waals surface area contributed by atoms with Crippen molar-refractivity contribution in [2.24, 2.45) is 0 Å². The fourth-order valence-electron chi connectivity index (χ4n) is 0. The fourth-order valence-corrected chi connectivity index (χ4v) is 0. The van der Waals surface area contributed by atoms with Gasteiger partial charge >= 0.3 is 78.2 Å². The van der Waals surface area contributed by atoms with Crippen LogP contribution in [0.1, 0.15) is 2.85 Å². The molecule has 0 spiro atoms. The molecule has 0 aliphatic rings. The van der Waals surface area contributed by atoms with Crippen molar-refractivity contribution >= 4 is 48.9 Å². The molecule has 0 fully saturated rings. The molecule has 0 aromatic rings. The van der Waals surface area contributed by atoms with Gasteiger partial charge in [0.2, 0.25) is 0 Å². The Morgan fingerprint density at radius 1 is 1.50 bits per heavy atom. The van der Waals surface area contributed by atoms with E-state index in [0.717, 1.165) is 0 Å². The molecule has 0 amide bonds. The van der Waals surface area contributed by atoms with Crippen molar-refractivity contribution in [2.75, 3.05) is 0 Å². The Balaban J connectivity index is -0.00000000750. The topological polar surface area (TPSA) is 57.5 Å². The maximum absolute atomic E-state index is 8.81. The van der Waals surface area contributed by atoms with Gasteiger partial charge in [-0.3, -0.25) is 0 Å². The van der Waals surface area contributed by atoms with Crippen LogP contribution in [0, 0.1) is 40.8 Å². The van der Waals surface area contributed by atoms with E-state index in [2.05, 4.69) is 0 Å². The Hall–Kier alpha value is 3.36. The van der Waals surface area contributed by atoms with Crippen LogP contribution in [0.5, 0.6) is 0 Å². The quantitative estimate of drug-likeness (QED) is 0.508. The first-order valence-electron chi connectivity index (χ1n) is 0.651. The Labute approximate surface area is 119 Å². The van der Waals surface area contributed by atoms with E-state index in [1.165, 1.54) is 0 Å².